The molecule has 0 bridgehead atoms. The molecule has 8 heteroatoms. The predicted octanol–water partition coefficient (Wildman–Crippen LogP) is 1.43. The van der Waals surface area contributed by atoms with E-state index >= 15 is 0 Å². The minimum atomic E-state index is -1.02. The summed E-state index contributed by atoms with van der Waals surface area (Å²) in [5.74, 6) is -2.12. The number of amides is 2. The number of ether oxygens (including phenoxy) is 2. The van der Waals surface area contributed by atoms with Gasteiger partial charge in [0.05, 0.1) is 11.8 Å². The van der Waals surface area contributed by atoms with Crippen LogP contribution in [0.5, 0.6) is 0 Å². The molecule has 26 heavy (non-hydrogen) atoms. The number of hydrogen-bond donors (Lipinski definition) is 0. The molecule has 0 heterocycles. The van der Waals surface area contributed by atoms with Crippen LogP contribution in [-0.4, -0.2) is 68.0 Å². The predicted molar refractivity (Wildman–Crippen MR) is 95.8 cm³/mol. The number of hydrogen-bond acceptors (Lipinski definition) is 6. The fourth-order valence-electron chi connectivity index (χ4n) is 1.95. The number of carbonyl (C=O) groups is 4. The van der Waals surface area contributed by atoms with E-state index in [-0.39, 0.29) is 24.7 Å². The van der Waals surface area contributed by atoms with Crippen molar-refractivity contribution in [1.29, 1.82) is 0 Å². The van der Waals surface area contributed by atoms with Crippen LogP contribution in [0.2, 0.25) is 0 Å². The lowest BCUT2D eigenvalue weighted by molar-refractivity contribution is -0.189. The van der Waals surface area contributed by atoms with Crippen LogP contribution >= 0.6 is 0 Å². The van der Waals surface area contributed by atoms with Gasteiger partial charge in [-0.05, 0) is 12.8 Å². The SMILES string of the molecule is CC(OC(=O)C(C)CCC(=O)N(C)C)OC(=O)C(C)CCC(=O)N(C)C. The molecule has 0 aliphatic heterocycles. The topological polar surface area (TPSA) is 93.2 Å². The second-order valence-corrected chi connectivity index (χ2v) is 6.90. The first-order valence-electron chi connectivity index (χ1n) is 8.77. The van der Waals surface area contributed by atoms with Gasteiger partial charge < -0.3 is 19.3 Å². The summed E-state index contributed by atoms with van der Waals surface area (Å²) in [4.78, 5) is 50.0. The Morgan fingerprint density at radius 1 is 0.692 bits per heavy atom. The minimum absolute atomic E-state index is 0.0646. The average molecular weight is 372 g/mol. The van der Waals surface area contributed by atoms with Crippen molar-refractivity contribution in [1.82, 2.24) is 9.80 Å². The molecule has 0 radical (unpaired) electrons. The van der Waals surface area contributed by atoms with Gasteiger partial charge in [0.2, 0.25) is 18.1 Å². The molecular formula is C18H32N2O6. The highest BCUT2D eigenvalue weighted by Crippen LogP contribution is 2.14. The van der Waals surface area contributed by atoms with E-state index in [4.69, 9.17) is 9.47 Å². The van der Waals surface area contributed by atoms with Crippen molar-refractivity contribution in [2.75, 3.05) is 28.2 Å². The molecule has 0 saturated heterocycles. The third-order valence-electron chi connectivity index (χ3n) is 3.95. The van der Waals surface area contributed by atoms with Gasteiger partial charge in [-0.1, -0.05) is 13.8 Å². The Kier molecular flexibility index (Phi) is 10.6. The zero-order chi connectivity index (χ0) is 20.4. The summed E-state index contributed by atoms with van der Waals surface area (Å²) >= 11 is 0. The van der Waals surface area contributed by atoms with E-state index < -0.39 is 30.1 Å². The van der Waals surface area contributed by atoms with Crippen molar-refractivity contribution in [2.45, 2.75) is 52.7 Å². The fraction of sp³-hybridized carbons (Fsp3) is 0.778. The molecule has 0 N–H and O–H groups in total. The summed E-state index contributed by atoms with van der Waals surface area (Å²) in [6, 6.07) is 0. The summed E-state index contributed by atoms with van der Waals surface area (Å²) in [5, 5.41) is 0. The maximum Gasteiger partial charge on any atom is 0.311 e. The molecule has 2 atom stereocenters. The molecule has 0 aromatic heterocycles. The Labute approximate surface area is 155 Å². The van der Waals surface area contributed by atoms with Crippen LogP contribution in [0.4, 0.5) is 0 Å². The van der Waals surface area contributed by atoms with Crippen molar-refractivity contribution in [3.8, 4) is 0 Å². The monoisotopic (exact) mass is 372 g/mol. The van der Waals surface area contributed by atoms with E-state index in [1.165, 1.54) is 16.7 Å². The molecule has 0 saturated carbocycles. The van der Waals surface area contributed by atoms with Gasteiger partial charge in [-0.2, -0.15) is 0 Å². The molecular weight excluding hydrogens is 340 g/mol. The van der Waals surface area contributed by atoms with Crippen LogP contribution in [0.25, 0.3) is 0 Å². The van der Waals surface area contributed by atoms with Gasteiger partial charge in [-0.25, -0.2) is 0 Å². The highest BCUT2D eigenvalue weighted by molar-refractivity contribution is 5.78. The molecule has 0 spiro atoms. The van der Waals surface area contributed by atoms with Crippen LogP contribution in [0, 0.1) is 11.8 Å². The third-order valence-corrected chi connectivity index (χ3v) is 3.95. The van der Waals surface area contributed by atoms with E-state index in [2.05, 4.69) is 0 Å². The molecule has 150 valence electrons. The van der Waals surface area contributed by atoms with Crippen LogP contribution in [0.3, 0.4) is 0 Å². The fourth-order valence-corrected chi connectivity index (χ4v) is 1.95. The maximum atomic E-state index is 12.0. The van der Waals surface area contributed by atoms with Gasteiger partial charge >= 0.3 is 11.9 Å². The minimum Gasteiger partial charge on any atom is -0.425 e. The lowest BCUT2D eigenvalue weighted by Gasteiger charge is -2.19. The van der Waals surface area contributed by atoms with Crippen LogP contribution in [0.1, 0.15) is 46.5 Å². The molecule has 0 aliphatic carbocycles. The van der Waals surface area contributed by atoms with E-state index in [0.717, 1.165) is 0 Å². The molecule has 2 amide bonds. The van der Waals surface area contributed by atoms with Gasteiger partial charge in [0.25, 0.3) is 0 Å². The van der Waals surface area contributed by atoms with Crippen LogP contribution < -0.4 is 0 Å². The summed E-state index contributed by atoms with van der Waals surface area (Å²) in [5.41, 5.74) is 0. The number of rotatable bonds is 10. The Morgan fingerprint density at radius 3 is 1.27 bits per heavy atom. The highest BCUT2D eigenvalue weighted by Gasteiger charge is 2.23. The lowest BCUT2D eigenvalue weighted by Crippen LogP contribution is -2.29. The van der Waals surface area contributed by atoms with Crippen LogP contribution in [0.15, 0.2) is 0 Å². The molecule has 2 unspecified atom stereocenters. The zero-order valence-corrected chi connectivity index (χ0v) is 16.9. The Bertz CT molecular complexity index is 460. The summed E-state index contributed by atoms with van der Waals surface area (Å²) in [6.07, 6.45) is 0.191. The number of carbonyl (C=O) groups excluding carboxylic acids is 4. The first-order chi connectivity index (χ1) is 12.0. The third kappa shape index (κ3) is 9.39. The van der Waals surface area contributed by atoms with E-state index in [1.807, 2.05) is 0 Å². The van der Waals surface area contributed by atoms with Gasteiger partial charge in [-0.3, -0.25) is 19.2 Å². The Morgan fingerprint density at radius 2 is 1.00 bits per heavy atom. The van der Waals surface area contributed by atoms with E-state index in [1.54, 1.807) is 42.0 Å². The average Bonchev–Trinajstić information content (AvgIpc) is 2.55. The first-order valence-corrected chi connectivity index (χ1v) is 8.77. The van der Waals surface area contributed by atoms with Crippen LogP contribution in [-0.2, 0) is 28.7 Å². The number of esters is 2. The molecule has 0 aromatic rings. The zero-order valence-electron chi connectivity index (χ0n) is 16.9. The summed E-state index contributed by atoms with van der Waals surface area (Å²) in [7, 11) is 6.61. The van der Waals surface area contributed by atoms with Gasteiger partial charge in [0.1, 0.15) is 0 Å². The molecule has 0 fully saturated rings. The van der Waals surface area contributed by atoms with Gasteiger partial charge in [0.15, 0.2) is 0 Å². The molecule has 0 aromatic carbocycles. The van der Waals surface area contributed by atoms with Crippen molar-refractivity contribution in [3.63, 3.8) is 0 Å². The molecule has 0 rings (SSSR count). The van der Waals surface area contributed by atoms with Gasteiger partial charge in [0, 0.05) is 48.0 Å². The van der Waals surface area contributed by atoms with E-state index in [9.17, 15) is 19.2 Å². The Hall–Kier alpha value is -2.12. The normalized spacial score (nSPS) is 14.0. The first kappa shape index (κ1) is 23.9. The second-order valence-electron chi connectivity index (χ2n) is 6.90. The highest BCUT2D eigenvalue weighted by atomic mass is 16.7. The standard InChI is InChI=1S/C18H32N2O6/c1-12(8-10-15(21)19(4)5)17(23)25-14(3)26-18(24)13(2)9-11-16(22)20(6)7/h12-14H,8-11H2,1-7H3. The summed E-state index contributed by atoms with van der Waals surface area (Å²) < 4.78 is 10.2. The smallest absolute Gasteiger partial charge is 0.311 e. The summed E-state index contributed by atoms with van der Waals surface area (Å²) in [6.45, 7) is 4.79. The van der Waals surface area contributed by atoms with Crippen molar-refractivity contribution in [3.05, 3.63) is 0 Å². The largest absolute Gasteiger partial charge is 0.425 e. The molecule has 8 nitrogen and oxygen atoms in total. The van der Waals surface area contributed by atoms with Crippen molar-refractivity contribution >= 4 is 23.8 Å². The molecule has 0 aliphatic rings. The quantitative estimate of drug-likeness (QED) is 0.425. The van der Waals surface area contributed by atoms with Crippen molar-refractivity contribution < 1.29 is 28.7 Å². The maximum absolute atomic E-state index is 12.0. The Balaban J connectivity index is 4.27. The van der Waals surface area contributed by atoms with Gasteiger partial charge in [-0.15, -0.1) is 0 Å². The second kappa shape index (κ2) is 11.5. The number of nitrogens with zero attached hydrogens (tertiary/aromatic N) is 2. The lowest BCUT2D eigenvalue weighted by atomic mass is 10.1. The van der Waals surface area contributed by atoms with E-state index in [0.29, 0.717) is 12.8 Å². The van der Waals surface area contributed by atoms with Crippen molar-refractivity contribution in [2.24, 2.45) is 11.8 Å².